The van der Waals surface area contributed by atoms with Crippen molar-refractivity contribution in [2.45, 2.75) is 243 Å². The fraction of sp³-hybridized carbons (Fsp3) is 0.872. The summed E-state index contributed by atoms with van der Waals surface area (Å²) in [6.45, 7) is 3.75. The quantitative estimate of drug-likeness (QED) is 0.0198. The van der Waals surface area contributed by atoms with Crippen LogP contribution in [0.15, 0.2) is 24.3 Å². The van der Waals surface area contributed by atoms with Crippen LogP contribution in [-0.2, 0) is 38.7 Å². The SMILES string of the molecule is CCCCCCCC/C=C/CCCCCCCCCC(=O)O[C@H](COC(=O)CCCC/C=C/CCCCCCCCCCC)CO[C@H]1O[C@H](CS(=O)(=O)O)[C@@H](O)C(O)C1O. The largest absolute Gasteiger partial charge is 0.462 e. The van der Waals surface area contributed by atoms with E-state index in [4.69, 9.17) is 18.9 Å². The maximum absolute atomic E-state index is 12.8. The van der Waals surface area contributed by atoms with Gasteiger partial charge in [-0.15, -0.1) is 0 Å². The molecule has 12 nitrogen and oxygen atoms in total. The van der Waals surface area contributed by atoms with Gasteiger partial charge < -0.3 is 34.3 Å². The van der Waals surface area contributed by atoms with Gasteiger partial charge in [0.25, 0.3) is 10.1 Å². The van der Waals surface area contributed by atoms with E-state index in [0.717, 1.165) is 51.4 Å². The first-order chi connectivity index (χ1) is 29.0. The van der Waals surface area contributed by atoms with Crippen molar-refractivity contribution in [1.29, 1.82) is 0 Å². The molecule has 0 aromatic heterocycles. The van der Waals surface area contributed by atoms with Gasteiger partial charge in [0, 0.05) is 12.8 Å². The highest BCUT2D eigenvalue weighted by Gasteiger charge is 2.46. The van der Waals surface area contributed by atoms with Crippen molar-refractivity contribution in [2.75, 3.05) is 19.0 Å². The van der Waals surface area contributed by atoms with E-state index in [1.54, 1.807) is 0 Å². The van der Waals surface area contributed by atoms with Crippen molar-refractivity contribution in [2.24, 2.45) is 0 Å². The predicted octanol–water partition coefficient (Wildman–Crippen LogP) is 10.0. The van der Waals surface area contributed by atoms with E-state index in [-0.39, 0.29) is 19.4 Å². The number of allylic oxidation sites excluding steroid dienone is 4. The van der Waals surface area contributed by atoms with Crippen LogP contribution in [0.4, 0.5) is 0 Å². The molecule has 0 spiro atoms. The summed E-state index contributed by atoms with van der Waals surface area (Å²) in [5.74, 6) is -2.01. The summed E-state index contributed by atoms with van der Waals surface area (Å²) in [5, 5.41) is 30.9. The maximum atomic E-state index is 12.8. The Kier molecular flexibility index (Phi) is 35.2. The molecular formula is C47H86O12S. The van der Waals surface area contributed by atoms with Crippen molar-refractivity contribution in [3.05, 3.63) is 24.3 Å². The highest BCUT2D eigenvalue weighted by molar-refractivity contribution is 7.85. The van der Waals surface area contributed by atoms with Crippen LogP contribution in [0.5, 0.6) is 0 Å². The third kappa shape index (κ3) is 31.9. The van der Waals surface area contributed by atoms with Gasteiger partial charge in [0.2, 0.25) is 0 Å². The molecule has 0 bridgehead atoms. The zero-order valence-corrected chi connectivity index (χ0v) is 38.4. The summed E-state index contributed by atoms with van der Waals surface area (Å²) >= 11 is 0. The number of esters is 2. The highest BCUT2D eigenvalue weighted by atomic mass is 32.2. The van der Waals surface area contributed by atoms with Gasteiger partial charge in [0.05, 0.1) is 6.61 Å². The molecule has 1 aliphatic heterocycles. The van der Waals surface area contributed by atoms with E-state index in [1.807, 2.05) is 0 Å². The van der Waals surface area contributed by atoms with Crippen LogP contribution in [0, 0.1) is 0 Å². The van der Waals surface area contributed by atoms with Crippen LogP contribution < -0.4 is 0 Å². The molecule has 13 heteroatoms. The summed E-state index contributed by atoms with van der Waals surface area (Å²) in [6, 6.07) is 0. The second-order valence-electron chi connectivity index (χ2n) is 16.8. The summed E-state index contributed by atoms with van der Waals surface area (Å²) in [5.41, 5.74) is 0. The fourth-order valence-corrected chi connectivity index (χ4v) is 7.95. The Morgan fingerprint density at radius 3 is 1.42 bits per heavy atom. The molecule has 0 radical (unpaired) electrons. The van der Waals surface area contributed by atoms with Crippen molar-refractivity contribution >= 4 is 22.1 Å². The first kappa shape index (κ1) is 56.1. The van der Waals surface area contributed by atoms with Crippen LogP contribution in [0.3, 0.4) is 0 Å². The number of ether oxygens (including phenoxy) is 4. The number of carbonyl (C=O) groups excluding carboxylic acids is 2. The highest BCUT2D eigenvalue weighted by Crippen LogP contribution is 2.24. The van der Waals surface area contributed by atoms with Crippen molar-refractivity contribution in [3.63, 3.8) is 0 Å². The van der Waals surface area contributed by atoms with Gasteiger partial charge in [-0.3, -0.25) is 14.1 Å². The van der Waals surface area contributed by atoms with Crippen LogP contribution in [0.1, 0.15) is 206 Å². The van der Waals surface area contributed by atoms with E-state index >= 15 is 0 Å². The molecule has 0 aromatic carbocycles. The number of hydrogen-bond donors (Lipinski definition) is 4. The van der Waals surface area contributed by atoms with Crippen molar-refractivity contribution < 1.29 is 56.8 Å². The molecule has 6 atom stereocenters. The Bertz CT molecular complexity index is 1210. The number of aliphatic hydroxyl groups is 3. The number of rotatable bonds is 40. The second kappa shape index (κ2) is 37.7. The molecule has 2 unspecified atom stereocenters. The molecule has 0 saturated carbocycles. The van der Waals surface area contributed by atoms with Gasteiger partial charge in [-0.05, 0) is 64.2 Å². The van der Waals surface area contributed by atoms with Gasteiger partial charge in [-0.25, -0.2) is 0 Å². The normalized spacial score (nSPS) is 20.3. The van der Waals surface area contributed by atoms with E-state index in [2.05, 4.69) is 38.2 Å². The summed E-state index contributed by atoms with van der Waals surface area (Å²) < 4.78 is 54.1. The first-order valence-corrected chi connectivity index (χ1v) is 25.5. The monoisotopic (exact) mass is 875 g/mol. The Hall–Kier alpha value is -1.87. The third-order valence-electron chi connectivity index (χ3n) is 11.0. The Labute approximate surface area is 364 Å². The van der Waals surface area contributed by atoms with Gasteiger partial charge in [0.1, 0.15) is 36.8 Å². The maximum Gasteiger partial charge on any atom is 0.306 e. The Morgan fingerprint density at radius 1 is 0.550 bits per heavy atom. The van der Waals surface area contributed by atoms with Gasteiger partial charge >= 0.3 is 11.9 Å². The number of hydrogen-bond acceptors (Lipinski definition) is 11. The zero-order valence-electron chi connectivity index (χ0n) is 37.6. The molecule has 0 aromatic rings. The smallest absolute Gasteiger partial charge is 0.306 e. The minimum Gasteiger partial charge on any atom is -0.462 e. The van der Waals surface area contributed by atoms with E-state index in [9.17, 15) is 37.9 Å². The fourth-order valence-electron chi connectivity index (χ4n) is 7.25. The molecule has 1 heterocycles. The first-order valence-electron chi connectivity index (χ1n) is 23.9. The number of carbonyl (C=O) groups is 2. The molecule has 0 amide bonds. The lowest BCUT2D eigenvalue weighted by Crippen LogP contribution is -2.60. The third-order valence-corrected chi connectivity index (χ3v) is 11.8. The van der Waals surface area contributed by atoms with Crippen molar-refractivity contribution in [1.82, 2.24) is 0 Å². The van der Waals surface area contributed by atoms with Crippen LogP contribution in [-0.4, -0.2) is 96.0 Å². The Balaban J connectivity index is 2.43. The van der Waals surface area contributed by atoms with E-state index in [1.165, 1.54) is 116 Å². The van der Waals surface area contributed by atoms with Gasteiger partial charge in [-0.1, -0.05) is 154 Å². The lowest BCUT2D eigenvalue weighted by atomic mass is 10.00. The summed E-state index contributed by atoms with van der Waals surface area (Å²) in [6.07, 6.45) is 32.2. The molecule has 1 saturated heterocycles. The number of unbranched alkanes of at least 4 members (excludes halogenated alkanes) is 24. The van der Waals surface area contributed by atoms with Gasteiger partial charge in [0.15, 0.2) is 12.4 Å². The average molecular weight is 875 g/mol. The molecule has 1 fully saturated rings. The minimum atomic E-state index is -4.60. The molecule has 0 aliphatic carbocycles. The van der Waals surface area contributed by atoms with Crippen molar-refractivity contribution in [3.8, 4) is 0 Å². The zero-order chi connectivity index (χ0) is 44.1. The minimum absolute atomic E-state index is 0.157. The predicted molar refractivity (Wildman–Crippen MR) is 238 cm³/mol. The number of aliphatic hydroxyl groups excluding tert-OH is 3. The summed E-state index contributed by atoms with van der Waals surface area (Å²) in [7, 11) is -4.60. The molecule has 352 valence electrons. The molecule has 1 rings (SSSR count). The Morgan fingerprint density at radius 2 is 0.950 bits per heavy atom. The molecule has 60 heavy (non-hydrogen) atoms. The van der Waals surface area contributed by atoms with Crippen LogP contribution in [0.25, 0.3) is 0 Å². The van der Waals surface area contributed by atoms with Gasteiger partial charge in [-0.2, -0.15) is 8.42 Å². The summed E-state index contributed by atoms with van der Waals surface area (Å²) in [4.78, 5) is 25.4. The van der Waals surface area contributed by atoms with Crippen LogP contribution in [0.2, 0.25) is 0 Å². The van der Waals surface area contributed by atoms with E-state index in [0.29, 0.717) is 12.8 Å². The molecule has 4 N–H and O–H groups in total. The lowest BCUT2D eigenvalue weighted by Gasteiger charge is -2.40. The lowest BCUT2D eigenvalue weighted by molar-refractivity contribution is -0.297. The average Bonchev–Trinajstić information content (AvgIpc) is 3.21. The molecular weight excluding hydrogens is 789 g/mol. The topological polar surface area (TPSA) is 186 Å². The van der Waals surface area contributed by atoms with Crippen LogP contribution >= 0.6 is 0 Å². The van der Waals surface area contributed by atoms with E-state index < -0.39 is 71.2 Å². The second-order valence-corrected chi connectivity index (χ2v) is 18.3. The molecule has 1 aliphatic rings. The standard InChI is InChI=1S/C47H86O12S/c1-3-5-7-9-11-13-15-17-19-20-22-24-26-28-30-32-34-36-43(49)58-40(38-57-47-46(52)45(51)44(50)41(59-47)39-60(53,54)55)37-56-42(48)35-33-31-29-27-25-23-21-18-16-14-12-10-8-6-4-2/h17,19,25,27,40-41,44-47,50-52H,3-16,18,20-24,26,28-39H2,1-2H3,(H,53,54,55)/b19-17+,27-25+/t40-,41-,44-,45?,46?,47+/m1/s1.